The van der Waals surface area contributed by atoms with Gasteiger partial charge in [0.2, 0.25) is 5.91 Å². The number of likely N-dealkylation sites (N-methyl/N-ethyl adjacent to an activating group) is 1. The standard InChI is InChI=1S/C23H27FN4O2.C2HF3O2/c1-3-17-6-4-8-19(12-17)25-22(30)27-11-10-23(15-27)16-28(21(29)14-26(23)2)20-9-5-7-18(24)13-20;3-2(4,5)1(6)7/h4-9,12-13H,3,10-11,14-16H2,1-2H3,(H,25,30);(H,6,7). The van der Waals surface area contributed by atoms with Gasteiger partial charge >= 0.3 is 18.2 Å². The van der Waals surface area contributed by atoms with Gasteiger partial charge in [0.05, 0.1) is 12.1 Å². The maximum atomic E-state index is 13.7. The molecule has 200 valence electrons. The van der Waals surface area contributed by atoms with Gasteiger partial charge in [0.25, 0.3) is 0 Å². The van der Waals surface area contributed by atoms with Crippen LogP contribution in [0.3, 0.4) is 0 Å². The molecule has 12 heteroatoms. The molecule has 1 atom stereocenters. The first-order valence-corrected chi connectivity index (χ1v) is 11.6. The summed E-state index contributed by atoms with van der Waals surface area (Å²) < 4.78 is 45.5. The Bertz CT molecular complexity index is 1160. The van der Waals surface area contributed by atoms with Gasteiger partial charge in [-0.1, -0.05) is 25.1 Å². The number of hydrogen-bond donors (Lipinski definition) is 2. The number of urea groups is 1. The number of aliphatic carboxylic acids is 1. The number of halogens is 4. The molecule has 2 aromatic carbocycles. The zero-order valence-corrected chi connectivity index (χ0v) is 20.4. The van der Waals surface area contributed by atoms with E-state index in [0.717, 1.165) is 18.5 Å². The lowest BCUT2D eigenvalue weighted by Gasteiger charge is -2.46. The SMILES string of the molecule is CCc1cccc(NC(=O)N2CCC3(C2)CN(c2cccc(F)c2)C(=O)CN3C)c1.O=C(O)C(F)(F)F. The zero-order valence-electron chi connectivity index (χ0n) is 20.4. The van der Waals surface area contributed by atoms with Gasteiger partial charge in [0, 0.05) is 31.0 Å². The van der Waals surface area contributed by atoms with Crippen molar-refractivity contribution in [1.82, 2.24) is 9.80 Å². The summed E-state index contributed by atoms with van der Waals surface area (Å²) >= 11 is 0. The van der Waals surface area contributed by atoms with E-state index >= 15 is 0 Å². The van der Waals surface area contributed by atoms with Crippen LogP contribution in [-0.4, -0.2) is 77.8 Å². The molecule has 0 saturated carbocycles. The number of alkyl halides is 3. The highest BCUT2D eigenvalue weighted by molar-refractivity contribution is 5.96. The van der Waals surface area contributed by atoms with E-state index in [1.165, 1.54) is 17.7 Å². The molecule has 0 aliphatic carbocycles. The molecular formula is C25H28F4N4O4. The van der Waals surface area contributed by atoms with Crippen molar-refractivity contribution >= 4 is 29.3 Å². The monoisotopic (exact) mass is 524 g/mol. The molecule has 3 amide bonds. The molecule has 4 rings (SSSR count). The van der Waals surface area contributed by atoms with Crippen molar-refractivity contribution in [3.63, 3.8) is 0 Å². The van der Waals surface area contributed by atoms with Crippen LogP contribution in [0.4, 0.5) is 33.7 Å². The molecular weight excluding hydrogens is 496 g/mol. The van der Waals surface area contributed by atoms with Gasteiger partial charge in [-0.15, -0.1) is 0 Å². The number of nitrogens with zero attached hydrogens (tertiary/aromatic N) is 3. The number of carbonyl (C=O) groups is 3. The van der Waals surface area contributed by atoms with Crippen LogP contribution >= 0.6 is 0 Å². The minimum Gasteiger partial charge on any atom is -0.475 e. The molecule has 1 unspecified atom stereocenters. The summed E-state index contributed by atoms with van der Waals surface area (Å²) in [6, 6.07) is 13.8. The van der Waals surface area contributed by atoms with Crippen molar-refractivity contribution in [1.29, 1.82) is 0 Å². The van der Waals surface area contributed by atoms with E-state index in [9.17, 15) is 27.2 Å². The van der Waals surface area contributed by atoms with Crippen molar-refractivity contribution in [2.75, 3.05) is 43.4 Å². The Morgan fingerprint density at radius 2 is 1.78 bits per heavy atom. The van der Waals surface area contributed by atoms with Crippen LogP contribution < -0.4 is 10.2 Å². The summed E-state index contributed by atoms with van der Waals surface area (Å²) in [6.45, 7) is 3.87. The summed E-state index contributed by atoms with van der Waals surface area (Å²) in [7, 11) is 1.92. The second-order valence-corrected chi connectivity index (χ2v) is 9.00. The summed E-state index contributed by atoms with van der Waals surface area (Å²) in [4.78, 5) is 39.9. The first-order chi connectivity index (χ1) is 17.3. The number of carboxylic acid groups (broad SMARTS) is 1. The summed E-state index contributed by atoms with van der Waals surface area (Å²) in [5.74, 6) is -3.18. The average molecular weight is 525 g/mol. The number of aryl methyl sites for hydroxylation is 1. The van der Waals surface area contributed by atoms with Crippen LogP contribution in [0.5, 0.6) is 0 Å². The molecule has 2 saturated heterocycles. The predicted molar refractivity (Wildman–Crippen MR) is 129 cm³/mol. The first kappa shape index (κ1) is 27.9. The summed E-state index contributed by atoms with van der Waals surface area (Å²) in [5.41, 5.74) is 2.17. The molecule has 2 aliphatic heterocycles. The molecule has 2 aromatic rings. The third-order valence-corrected chi connectivity index (χ3v) is 6.50. The van der Waals surface area contributed by atoms with Crippen LogP contribution in [0.15, 0.2) is 48.5 Å². The zero-order chi connectivity index (χ0) is 27.4. The van der Waals surface area contributed by atoms with Crippen molar-refractivity contribution < 1.29 is 37.1 Å². The Hall–Kier alpha value is -3.67. The topological polar surface area (TPSA) is 93.2 Å². The Morgan fingerprint density at radius 3 is 2.41 bits per heavy atom. The molecule has 0 radical (unpaired) electrons. The number of nitrogens with one attached hydrogen (secondary N) is 1. The third-order valence-electron chi connectivity index (χ3n) is 6.50. The van der Waals surface area contributed by atoms with Crippen LogP contribution in [0, 0.1) is 5.82 Å². The van der Waals surface area contributed by atoms with Crippen molar-refractivity contribution in [3.05, 3.63) is 59.9 Å². The number of likely N-dealkylation sites (tertiary alicyclic amines) is 1. The second kappa shape index (κ2) is 11.2. The molecule has 8 nitrogen and oxygen atoms in total. The van der Waals surface area contributed by atoms with Gasteiger partial charge in [-0.2, -0.15) is 13.2 Å². The first-order valence-electron chi connectivity index (χ1n) is 11.6. The lowest BCUT2D eigenvalue weighted by molar-refractivity contribution is -0.192. The van der Waals surface area contributed by atoms with Crippen LogP contribution in [0.25, 0.3) is 0 Å². The van der Waals surface area contributed by atoms with E-state index in [2.05, 4.69) is 12.2 Å². The molecule has 2 heterocycles. The van der Waals surface area contributed by atoms with Gasteiger partial charge in [-0.05, 0) is 55.8 Å². The lowest BCUT2D eigenvalue weighted by Crippen LogP contribution is -2.64. The highest BCUT2D eigenvalue weighted by Gasteiger charge is 2.48. The molecule has 2 fully saturated rings. The summed E-state index contributed by atoms with van der Waals surface area (Å²) in [6.07, 6.45) is -3.42. The highest BCUT2D eigenvalue weighted by atomic mass is 19.4. The quantitative estimate of drug-likeness (QED) is 0.593. The minimum absolute atomic E-state index is 0.0620. The molecule has 2 N–H and O–H groups in total. The Balaban J connectivity index is 0.000000479. The second-order valence-electron chi connectivity index (χ2n) is 9.00. The maximum absolute atomic E-state index is 13.7. The van der Waals surface area contributed by atoms with Crippen molar-refractivity contribution in [2.24, 2.45) is 0 Å². The fraction of sp³-hybridized carbons (Fsp3) is 0.400. The largest absolute Gasteiger partial charge is 0.490 e. The van der Waals surface area contributed by atoms with E-state index in [1.54, 1.807) is 21.9 Å². The van der Waals surface area contributed by atoms with Crippen molar-refractivity contribution in [2.45, 2.75) is 31.5 Å². The molecule has 0 bridgehead atoms. The van der Waals surface area contributed by atoms with E-state index in [4.69, 9.17) is 9.90 Å². The Morgan fingerprint density at radius 1 is 1.11 bits per heavy atom. The average Bonchev–Trinajstić information content (AvgIpc) is 3.27. The van der Waals surface area contributed by atoms with Gasteiger partial charge in [0.1, 0.15) is 5.82 Å². The van der Waals surface area contributed by atoms with Gasteiger partial charge in [-0.3, -0.25) is 9.69 Å². The Labute approximate surface area is 211 Å². The number of rotatable bonds is 3. The van der Waals surface area contributed by atoms with Gasteiger partial charge in [-0.25, -0.2) is 14.0 Å². The van der Waals surface area contributed by atoms with Gasteiger partial charge in [0.15, 0.2) is 0 Å². The van der Waals surface area contributed by atoms with Crippen LogP contribution in [0.1, 0.15) is 18.9 Å². The third kappa shape index (κ3) is 6.76. The molecule has 37 heavy (non-hydrogen) atoms. The van der Waals surface area contributed by atoms with Crippen LogP contribution in [-0.2, 0) is 16.0 Å². The summed E-state index contributed by atoms with van der Waals surface area (Å²) in [5, 5.41) is 10.1. The fourth-order valence-electron chi connectivity index (χ4n) is 4.38. The number of piperazine rings is 1. The molecule has 1 spiro atoms. The van der Waals surface area contributed by atoms with E-state index in [0.29, 0.717) is 25.3 Å². The number of amides is 3. The predicted octanol–water partition coefficient (Wildman–Crippen LogP) is 3.98. The molecule has 2 aliphatic rings. The minimum atomic E-state index is -5.08. The highest BCUT2D eigenvalue weighted by Crippen LogP contribution is 2.34. The van der Waals surface area contributed by atoms with Crippen molar-refractivity contribution in [3.8, 4) is 0 Å². The van der Waals surface area contributed by atoms with E-state index in [-0.39, 0.29) is 29.8 Å². The Kier molecular flexibility index (Phi) is 8.42. The van der Waals surface area contributed by atoms with Crippen LogP contribution in [0.2, 0.25) is 0 Å². The van der Waals surface area contributed by atoms with Gasteiger partial charge < -0.3 is 20.2 Å². The number of benzene rings is 2. The smallest absolute Gasteiger partial charge is 0.475 e. The molecule has 0 aromatic heterocycles. The normalized spacial score (nSPS) is 20.0. The van der Waals surface area contributed by atoms with E-state index < -0.39 is 12.1 Å². The number of hydrogen-bond acceptors (Lipinski definition) is 4. The number of carboxylic acids is 1. The number of carbonyl (C=O) groups excluding carboxylic acids is 2. The number of anilines is 2. The fourth-order valence-corrected chi connectivity index (χ4v) is 4.38. The maximum Gasteiger partial charge on any atom is 0.490 e. The lowest BCUT2D eigenvalue weighted by atomic mass is 9.92. The van der Waals surface area contributed by atoms with E-state index in [1.807, 2.05) is 36.2 Å².